The second kappa shape index (κ2) is 12.2. The van der Waals surface area contributed by atoms with Gasteiger partial charge in [0.05, 0.1) is 6.20 Å². The molecule has 0 saturated carbocycles. The van der Waals surface area contributed by atoms with Crippen LogP contribution in [-0.4, -0.2) is 21.0 Å². The summed E-state index contributed by atoms with van der Waals surface area (Å²) in [6.45, 7) is 3.66. The number of benzene rings is 2. The number of carboxylic acid groups (broad SMARTS) is 1. The van der Waals surface area contributed by atoms with Gasteiger partial charge in [-0.05, 0) is 41.6 Å². The average molecular weight is 591 g/mol. The van der Waals surface area contributed by atoms with Crippen LogP contribution in [0.1, 0.15) is 16.1 Å². The van der Waals surface area contributed by atoms with Crippen molar-refractivity contribution in [2.45, 2.75) is 0 Å². The molecule has 2 aromatic carbocycles. The van der Waals surface area contributed by atoms with Crippen LogP contribution in [0.5, 0.6) is 11.5 Å². The molecular weight excluding hydrogens is 571 g/mol. The molecule has 0 atom stereocenters. The summed E-state index contributed by atoms with van der Waals surface area (Å²) in [6.07, 6.45) is 4.91. The minimum Gasteiger partial charge on any atom is -0.477 e. The third kappa shape index (κ3) is 7.32. The zero-order valence-electron chi connectivity index (χ0n) is 16.4. The summed E-state index contributed by atoms with van der Waals surface area (Å²) in [7, 11) is 0. The van der Waals surface area contributed by atoms with E-state index in [4.69, 9.17) is 9.84 Å². The third-order valence-corrected chi connectivity index (χ3v) is 3.96. The van der Waals surface area contributed by atoms with E-state index in [1.54, 1.807) is 18.3 Å². The van der Waals surface area contributed by atoms with Gasteiger partial charge >= 0.3 is 5.97 Å². The number of carbonyl (C=O) groups is 1. The van der Waals surface area contributed by atoms with Gasteiger partial charge in [0, 0.05) is 27.3 Å². The Labute approximate surface area is 195 Å². The molecule has 0 radical (unpaired) electrons. The Bertz CT molecular complexity index is 1050. The van der Waals surface area contributed by atoms with Crippen LogP contribution in [0.3, 0.4) is 0 Å². The normalized spacial score (nSPS) is 9.42. The van der Waals surface area contributed by atoms with E-state index in [0.717, 1.165) is 16.8 Å². The number of aromatic nitrogens is 2. The van der Waals surface area contributed by atoms with Crippen molar-refractivity contribution < 1.29 is 35.7 Å². The second-order valence-electron chi connectivity index (χ2n) is 6.05. The summed E-state index contributed by atoms with van der Waals surface area (Å²) in [5, 5.41) is 8.71. The van der Waals surface area contributed by atoms with E-state index >= 15 is 0 Å². The minimum absolute atomic E-state index is 0. The molecule has 0 aliphatic heterocycles. The molecule has 4 aromatic rings. The molecule has 0 unspecified atom stereocenters. The molecule has 0 aliphatic carbocycles. The number of aromatic carboxylic acids is 1. The Hall–Kier alpha value is -3.56. The topological polar surface area (TPSA) is 72.3 Å². The van der Waals surface area contributed by atoms with Gasteiger partial charge in [0.2, 0.25) is 0 Å². The predicted octanol–water partition coefficient (Wildman–Crippen LogP) is 5.76. The van der Waals surface area contributed by atoms with Crippen molar-refractivity contribution in [2.24, 2.45) is 0 Å². The van der Waals surface area contributed by atoms with Crippen molar-refractivity contribution in [3.63, 3.8) is 0 Å². The zero-order chi connectivity index (χ0) is 21.2. The molecule has 0 aliphatic rings. The monoisotopic (exact) mass is 590 g/mol. The van der Waals surface area contributed by atoms with Crippen LogP contribution in [-0.2, 0) is 21.1 Å². The number of pyridine rings is 2. The van der Waals surface area contributed by atoms with Crippen LogP contribution in [0.15, 0.2) is 97.8 Å². The summed E-state index contributed by atoms with van der Waals surface area (Å²) in [5.41, 5.74) is 3.00. The van der Waals surface area contributed by atoms with E-state index in [1.165, 1.54) is 12.3 Å². The minimum atomic E-state index is -1.06. The Morgan fingerprint density at radius 2 is 1.68 bits per heavy atom. The molecular formula is C25H19N2O3Pt-. The molecule has 0 spiro atoms. The van der Waals surface area contributed by atoms with Gasteiger partial charge in [-0.3, -0.25) is 0 Å². The number of carboxylic acids is 1. The molecule has 0 amide bonds. The SMILES string of the molecule is C=Cc1ccc(Oc2ccc(C(=O)O)nc2)cc1.[Pt].[c-]1ccccc1-c1ccccn1. The first-order chi connectivity index (χ1) is 14.7. The Balaban J connectivity index is 0.000000229. The summed E-state index contributed by atoms with van der Waals surface area (Å²) < 4.78 is 5.52. The van der Waals surface area contributed by atoms with Gasteiger partial charge in [0.25, 0.3) is 0 Å². The maximum atomic E-state index is 10.6. The van der Waals surface area contributed by atoms with Crippen LogP contribution < -0.4 is 4.74 Å². The standard InChI is InChI=1S/C14H11NO3.C11H8N.Pt/c1-2-10-3-5-11(6-4-10)18-12-7-8-13(14(16)17)15-9-12;1-2-6-10(7-3-1)11-8-4-5-9-12-11;/h2-9H,1H2,(H,16,17);1-6,8-9H;/q;-1;. The molecule has 31 heavy (non-hydrogen) atoms. The van der Waals surface area contributed by atoms with Crippen LogP contribution in [0, 0.1) is 6.07 Å². The predicted molar refractivity (Wildman–Crippen MR) is 116 cm³/mol. The molecule has 0 fully saturated rings. The first kappa shape index (κ1) is 23.7. The van der Waals surface area contributed by atoms with Gasteiger partial charge < -0.3 is 14.8 Å². The van der Waals surface area contributed by atoms with E-state index in [2.05, 4.69) is 22.6 Å². The van der Waals surface area contributed by atoms with Gasteiger partial charge in [0.15, 0.2) is 0 Å². The maximum absolute atomic E-state index is 10.6. The Kier molecular flexibility index (Phi) is 9.34. The first-order valence-electron chi connectivity index (χ1n) is 9.13. The van der Waals surface area contributed by atoms with E-state index in [1.807, 2.05) is 66.7 Å². The number of nitrogens with zero attached hydrogens (tertiary/aromatic N) is 2. The number of hydrogen-bond donors (Lipinski definition) is 1. The molecule has 5 nitrogen and oxygen atoms in total. The number of ether oxygens (including phenoxy) is 1. The van der Waals surface area contributed by atoms with Gasteiger partial charge in [-0.15, -0.1) is 35.9 Å². The Morgan fingerprint density at radius 1 is 0.935 bits per heavy atom. The van der Waals surface area contributed by atoms with E-state index < -0.39 is 5.97 Å². The van der Waals surface area contributed by atoms with Gasteiger partial charge in [-0.25, -0.2) is 9.78 Å². The molecule has 4 rings (SSSR count). The van der Waals surface area contributed by atoms with Crippen LogP contribution in [0.2, 0.25) is 0 Å². The van der Waals surface area contributed by atoms with Crippen molar-refractivity contribution >= 4 is 12.0 Å². The quantitative estimate of drug-likeness (QED) is 0.300. The average Bonchev–Trinajstić information content (AvgIpc) is 2.81. The van der Waals surface area contributed by atoms with E-state index in [-0.39, 0.29) is 26.8 Å². The van der Waals surface area contributed by atoms with Crippen LogP contribution >= 0.6 is 0 Å². The molecule has 6 heteroatoms. The molecule has 2 heterocycles. The summed E-state index contributed by atoms with van der Waals surface area (Å²) >= 11 is 0. The van der Waals surface area contributed by atoms with Gasteiger partial charge in [-0.1, -0.05) is 36.9 Å². The summed E-state index contributed by atoms with van der Waals surface area (Å²) in [4.78, 5) is 18.6. The van der Waals surface area contributed by atoms with E-state index in [0.29, 0.717) is 11.5 Å². The Morgan fingerprint density at radius 3 is 2.23 bits per heavy atom. The number of hydrogen-bond acceptors (Lipinski definition) is 4. The van der Waals surface area contributed by atoms with Crippen molar-refractivity contribution in [3.8, 4) is 22.8 Å². The number of rotatable bonds is 5. The maximum Gasteiger partial charge on any atom is 0.354 e. The fourth-order valence-corrected chi connectivity index (χ4v) is 2.45. The first-order valence-corrected chi connectivity index (χ1v) is 9.13. The molecule has 0 saturated heterocycles. The molecule has 158 valence electrons. The zero-order valence-corrected chi connectivity index (χ0v) is 18.7. The van der Waals surface area contributed by atoms with Crippen molar-refractivity contribution in [1.82, 2.24) is 9.97 Å². The van der Waals surface area contributed by atoms with Crippen LogP contribution in [0.4, 0.5) is 0 Å². The third-order valence-electron chi connectivity index (χ3n) is 3.96. The van der Waals surface area contributed by atoms with Crippen molar-refractivity contribution in [1.29, 1.82) is 0 Å². The smallest absolute Gasteiger partial charge is 0.354 e. The summed E-state index contributed by atoms with van der Waals surface area (Å²) in [5.74, 6) is 0.0914. The molecule has 2 aromatic heterocycles. The largest absolute Gasteiger partial charge is 0.477 e. The van der Waals surface area contributed by atoms with Crippen molar-refractivity contribution in [2.75, 3.05) is 0 Å². The molecule has 1 N–H and O–H groups in total. The van der Waals surface area contributed by atoms with E-state index in [9.17, 15) is 4.79 Å². The van der Waals surface area contributed by atoms with Gasteiger partial charge in [-0.2, -0.15) is 0 Å². The van der Waals surface area contributed by atoms with Crippen molar-refractivity contribution in [3.05, 3.63) is 115 Å². The molecule has 0 bridgehead atoms. The fourth-order valence-electron chi connectivity index (χ4n) is 2.45. The van der Waals surface area contributed by atoms with Crippen LogP contribution in [0.25, 0.3) is 17.3 Å². The summed E-state index contributed by atoms with van der Waals surface area (Å²) in [6, 6.07) is 27.2. The fraction of sp³-hybridized carbons (Fsp3) is 0. The van der Waals surface area contributed by atoms with Gasteiger partial charge in [0.1, 0.15) is 17.2 Å². The second-order valence-corrected chi connectivity index (χ2v) is 6.05.